The van der Waals surface area contributed by atoms with Crippen LogP contribution in [-0.2, 0) is 11.3 Å². The second kappa shape index (κ2) is 9.41. The Hall–Kier alpha value is -1.86. The van der Waals surface area contributed by atoms with Crippen LogP contribution in [0, 0.1) is 5.92 Å². The normalized spacial score (nSPS) is 28.8. The number of fused-ring (bicyclic) bond motifs is 3. The molecule has 180 valence electrons. The molecule has 0 radical (unpaired) electrons. The van der Waals surface area contributed by atoms with Crippen LogP contribution in [0.25, 0.3) is 10.2 Å². The Balaban J connectivity index is 1.39. The number of thiophene rings is 1. The van der Waals surface area contributed by atoms with Gasteiger partial charge < -0.3 is 19.7 Å². The number of hydrogen-bond donors (Lipinski definition) is 1. The van der Waals surface area contributed by atoms with E-state index in [1.807, 2.05) is 17.9 Å². The average molecular weight is 471 g/mol. The zero-order valence-electron chi connectivity index (χ0n) is 20.1. The van der Waals surface area contributed by atoms with Crippen LogP contribution < -0.4 is 5.32 Å². The van der Waals surface area contributed by atoms with Crippen LogP contribution in [0.4, 0.5) is 0 Å². The van der Waals surface area contributed by atoms with Gasteiger partial charge in [0.15, 0.2) is 0 Å². The molecule has 0 spiro atoms. The lowest BCUT2D eigenvalue weighted by Crippen LogP contribution is -2.65. The molecule has 1 saturated heterocycles. The summed E-state index contributed by atoms with van der Waals surface area (Å²) in [5.74, 6) is 0.497. The summed E-state index contributed by atoms with van der Waals surface area (Å²) in [5, 5.41) is 5.44. The second-order valence-electron chi connectivity index (χ2n) is 10.6. The fourth-order valence-corrected chi connectivity index (χ4v) is 6.94. The summed E-state index contributed by atoms with van der Waals surface area (Å²) in [6.45, 7) is 8.68. The van der Waals surface area contributed by atoms with Gasteiger partial charge in [-0.05, 0) is 82.1 Å². The molecule has 0 bridgehead atoms. The van der Waals surface area contributed by atoms with Crippen LogP contribution in [0.15, 0.2) is 17.5 Å². The van der Waals surface area contributed by atoms with Crippen molar-refractivity contribution < 1.29 is 9.59 Å². The summed E-state index contributed by atoms with van der Waals surface area (Å²) in [6, 6.07) is 4.30. The van der Waals surface area contributed by atoms with Crippen molar-refractivity contribution in [3.8, 4) is 0 Å². The lowest BCUT2D eigenvalue weighted by molar-refractivity contribution is -0.134. The molecule has 33 heavy (non-hydrogen) atoms. The molecule has 3 unspecified atom stereocenters. The van der Waals surface area contributed by atoms with Crippen molar-refractivity contribution in [2.45, 2.75) is 83.3 Å². The smallest absolute Gasteiger partial charge is 0.271 e. The summed E-state index contributed by atoms with van der Waals surface area (Å²) >= 11 is 1.66. The van der Waals surface area contributed by atoms with Gasteiger partial charge in [0, 0.05) is 12.6 Å². The van der Waals surface area contributed by atoms with Crippen LogP contribution in [-0.4, -0.2) is 63.9 Å². The highest BCUT2D eigenvalue weighted by Crippen LogP contribution is 2.35. The SMILES string of the molecule is CC1CCCCC1NC(=O)C1(C)Cn2c(cc3sccc32)C(=O)N1CCCN1CCCCC1. The van der Waals surface area contributed by atoms with Gasteiger partial charge in [-0.15, -0.1) is 11.3 Å². The third-order valence-corrected chi connectivity index (χ3v) is 9.12. The van der Waals surface area contributed by atoms with Crippen LogP contribution in [0.1, 0.15) is 75.7 Å². The van der Waals surface area contributed by atoms with E-state index in [-0.39, 0.29) is 17.9 Å². The molecular weight excluding hydrogens is 432 g/mol. The standard InChI is InChI=1S/C26H38N4O2S/c1-19-9-4-5-10-20(19)27-25(32)26(2)18-29-21-11-16-33-23(21)17-22(29)24(31)30(26)15-8-14-28-12-6-3-7-13-28/h11,16-17,19-20H,3-10,12-15,18H2,1-2H3,(H,27,32). The lowest BCUT2D eigenvalue weighted by Gasteiger charge is -2.45. The Morgan fingerprint density at radius 2 is 1.94 bits per heavy atom. The van der Waals surface area contributed by atoms with Crippen LogP contribution in [0.2, 0.25) is 0 Å². The van der Waals surface area contributed by atoms with Crippen molar-refractivity contribution in [3.63, 3.8) is 0 Å². The van der Waals surface area contributed by atoms with Gasteiger partial charge in [0.05, 0.1) is 16.8 Å². The fraction of sp³-hybridized carbons (Fsp3) is 0.692. The predicted molar refractivity (Wildman–Crippen MR) is 134 cm³/mol. The van der Waals surface area contributed by atoms with Gasteiger partial charge in [-0.1, -0.05) is 26.2 Å². The first-order valence-electron chi connectivity index (χ1n) is 12.9. The highest BCUT2D eigenvalue weighted by atomic mass is 32.1. The molecule has 1 aliphatic carbocycles. The van der Waals surface area contributed by atoms with Crippen molar-refractivity contribution in [2.24, 2.45) is 5.92 Å². The molecule has 5 rings (SSSR count). The van der Waals surface area contributed by atoms with E-state index in [9.17, 15) is 9.59 Å². The number of nitrogens with zero attached hydrogens (tertiary/aromatic N) is 3. The molecule has 3 aliphatic rings. The summed E-state index contributed by atoms with van der Waals surface area (Å²) in [7, 11) is 0. The maximum Gasteiger partial charge on any atom is 0.271 e. The molecule has 2 amide bonds. The molecule has 1 N–H and O–H groups in total. The maximum atomic E-state index is 13.8. The number of rotatable bonds is 6. The topological polar surface area (TPSA) is 57.6 Å². The van der Waals surface area contributed by atoms with E-state index in [2.05, 4.69) is 33.2 Å². The number of amides is 2. The molecule has 7 heteroatoms. The van der Waals surface area contributed by atoms with Gasteiger partial charge in [-0.25, -0.2) is 0 Å². The first-order chi connectivity index (χ1) is 16.0. The van der Waals surface area contributed by atoms with Gasteiger partial charge in [0.2, 0.25) is 5.91 Å². The minimum atomic E-state index is -0.878. The number of carbonyl (C=O) groups excluding carboxylic acids is 2. The largest absolute Gasteiger partial charge is 0.351 e. The van der Waals surface area contributed by atoms with Crippen LogP contribution in [0.3, 0.4) is 0 Å². The highest BCUT2D eigenvalue weighted by Gasteiger charge is 2.48. The van der Waals surface area contributed by atoms with Crippen molar-refractivity contribution in [2.75, 3.05) is 26.2 Å². The number of nitrogens with one attached hydrogen (secondary N) is 1. The quantitative estimate of drug-likeness (QED) is 0.677. The van der Waals surface area contributed by atoms with Crippen molar-refractivity contribution in [3.05, 3.63) is 23.2 Å². The first-order valence-corrected chi connectivity index (χ1v) is 13.8. The third kappa shape index (κ3) is 4.34. The van der Waals surface area contributed by atoms with Gasteiger partial charge in [-0.3, -0.25) is 9.59 Å². The van der Waals surface area contributed by atoms with E-state index in [0.717, 1.165) is 54.8 Å². The summed E-state index contributed by atoms with van der Waals surface area (Å²) in [5.41, 5.74) is 0.921. The zero-order chi connectivity index (χ0) is 23.0. The molecule has 2 fully saturated rings. The molecule has 4 heterocycles. The van der Waals surface area contributed by atoms with Crippen molar-refractivity contribution >= 4 is 33.4 Å². The zero-order valence-corrected chi connectivity index (χ0v) is 21.0. The Morgan fingerprint density at radius 1 is 1.15 bits per heavy atom. The first kappa shape index (κ1) is 22.9. The molecule has 0 aromatic carbocycles. The number of aromatic nitrogens is 1. The van der Waals surface area contributed by atoms with Gasteiger partial charge in [-0.2, -0.15) is 0 Å². The molecule has 2 aliphatic heterocycles. The second-order valence-corrected chi connectivity index (χ2v) is 11.6. The molecular formula is C26H38N4O2S. The van der Waals surface area contributed by atoms with E-state index in [1.54, 1.807) is 11.3 Å². The van der Waals surface area contributed by atoms with Crippen molar-refractivity contribution in [1.82, 2.24) is 19.7 Å². The molecule has 6 nitrogen and oxygen atoms in total. The number of hydrogen-bond acceptors (Lipinski definition) is 4. The number of carbonyl (C=O) groups is 2. The van der Waals surface area contributed by atoms with E-state index in [0.29, 0.717) is 19.0 Å². The van der Waals surface area contributed by atoms with Gasteiger partial charge in [0.1, 0.15) is 11.2 Å². The molecule has 1 saturated carbocycles. The van der Waals surface area contributed by atoms with E-state index >= 15 is 0 Å². The van der Waals surface area contributed by atoms with E-state index in [1.165, 1.54) is 32.1 Å². The van der Waals surface area contributed by atoms with E-state index < -0.39 is 5.54 Å². The number of likely N-dealkylation sites (tertiary alicyclic amines) is 1. The van der Waals surface area contributed by atoms with Gasteiger partial charge in [0.25, 0.3) is 5.91 Å². The Bertz CT molecular complexity index is 1010. The minimum Gasteiger partial charge on any atom is -0.351 e. The molecule has 2 aromatic heterocycles. The average Bonchev–Trinajstić information content (AvgIpc) is 3.41. The summed E-state index contributed by atoms with van der Waals surface area (Å²) in [6.07, 6.45) is 9.39. The number of piperidine rings is 1. The van der Waals surface area contributed by atoms with Crippen LogP contribution in [0.5, 0.6) is 0 Å². The van der Waals surface area contributed by atoms with Gasteiger partial charge >= 0.3 is 0 Å². The Morgan fingerprint density at radius 3 is 2.73 bits per heavy atom. The predicted octanol–water partition coefficient (Wildman–Crippen LogP) is 4.49. The molecule has 2 aromatic rings. The summed E-state index contributed by atoms with van der Waals surface area (Å²) in [4.78, 5) is 32.0. The Kier molecular flexibility index (Phi) is 6.54. The third-order valence-electron chi connectivity index (χ3n) is 8.27. The Labute approximate surface area is 201 Å². The monoisotopic (exact) mass is 470 g/mol. The lowest BCUT2D eigenvalue weighted by atomic mass is 9.85. The summed E-state index contributed by atoms with van der Waals surface area (Å²) < 4.78 is 3.20. The highest BCUT2D eigenvalue weighted by molar-refractivity contribution is 7.17. The fourth-order valence-electron chi connectivity index (χ4n) is 6.11. The van der Waals surface area contributed by atoms with E-state index in [4.69, 9.17) is 0 Å². The maximum absolute atomic E-state index is 13.8. The molecule has 3 atom stereocenters. The van der Waals surface area contributed by atoms with Crippen molar-refractivity contribution in [1.29, 1.82) is 0 Å². The minimum absolute atomic E-state index is 0.00219. The van der Waals surface area contributed by atoms with Crippen LogP contribution >= 0.6 is 11.3 Å².